The molecule has 0 aromatic rings. The van der Waals surface area contributed by atoms with Gasteiger partial charge in [-0.3, -0.25) is 0 Å². The molecule has 104 valence electrons. The van der Waals surface area contributed by atoms with Gasteiger partial charge in [0.05, 0.1) is 33.0 Å². The number of carbonyl (C=O) groups is 1. The molecule has 0 aromatic heterocycles. The molecule has 1 heterocycles. The van der Waals surface area contributed by atoms with Crippen molar-refractivity contribution in [1.82, 2.24) is 0 Å². The van der Waals surface area contributed by atoms with Crippen LogP contribution >= 0.6 is 0 Å². The number of aliphatic hydroxyl groups is 1. The molecule has 1 aliphatic rings. The molecule has 1 saturated heterocycles. The fourth-order valence-electron chi connectivity index (χ4n) is 1.06. The molecule has 2 unspecified atom stereocenters. The Morgan fingerprint density at radius 2 is 2.11 bits per heavy atom. The first kappa shape index (κ1) is 15.1. The van der Waals surface area contributed by atoms with Crippen LogP contribution in [-0.4, -0.2) is 62.9 Å². The fourth-order valence-corrected chi connectivity index (χ4v) is 1.06. The number of rotatable bonds is 10. The summed E-state index contributed by atoms with van der Waals surface area (Å²) in [5, 5.41) is 9.44. The SMILES string of the molecule is C=C(C)C(=O)OCC(O)COCCOCC1CO1. The molecule has 2 atom stereocenters. The Kier molecular flexibility index (Phi) is 6.89. The maximum absolute atomic E-state index is 11.0. The molecule has 18 heavy (non-hydrogen) atoms. The predicted molar refractivity (Wildman–Crippen MR) is 63.2 cm³/mol. The van der Waals surface area contributed by atoms with Crippen LogP contribution in [-0.2, 0) is 23.7 Å². The molecule has 0 radical (unpaired) electrons. The highest BCUT2D eigenvalue weighted by Gasteiger charge is 2.21. The number of hydrogen-bond donors (Lipinski definition) is 1. The van der Waals surface area contributed by atoms with Gasteiger partial charge in [0.2, 0.25) is 0 Å². The van der Waals surface area contributed by atoms with E-state index < -0.39 is 12.1 Å². The highest BCUT2D eigenvalue weighted by Crippen LogP contribution is 2.07. The van der Waals surface area contributed by atoms with Crippen molar-refractivity contribution in [2.24, 2.45) is 0 Å². The standard InChI is InChI=1S/C12H20O6/c1-9(2)12(14)18-6-10(13)5-15-3-4-16-7-11-8-17-11/h10-11,13H,1,3-8H2,2H3. The van der Waals surface area contributed by atoms with E-state index in [1.54, 1.807) is 6.92 Å². The Balaban J connectivity index is 1.87. The van der Waals surface area contributed by atoms with Gasteiger partial charge in [-0.15, -0.1) is 0 Å². The number of ether oxygens (including phenoxy) is 4. The van der Waals surface area contributed by atoms with Crippen LogP contribution in [0.2, 0.25) is 0 Å². The average Bonchev–Trinajstić information content (AvgIpc) is 3.14. The van der Waals surface area contributed by atoms with Gasteiger partial charge in [-0.05, 0) is 6.92 Å². The first-order valence-electron chi connectivity index (χ1n) is 5.87. The van der Waals surface area contributed by atoms with Crippen LogP contribution in [0.3, 0.4) is 0 Å². The molecule has 0 aliphatic carbocycles. The summed E-state index contributed by atoms with van der Waals surface area (Å²) in [6.07, 6.45) is -0.586. The molecule has 1 N–H and O–H groups in total. The van der Waals surface area contributed by atoms with Crippen LogP contribution in [0.5, 0.6) is 0 Å². The van der Waals surface area contributed by atoms with E-state index in [-0.39, 0.29) is 19.3 Å². The lowest BCUT2D eigenvalue weighted by atomic mass is 10.3. The van der Waals surface area contributed by atoms with Crippen molar-refractivity contribution in [3.8, 4) is 0 Å². The van der Waals surface area contributed by atoms with Gasteiger partial charge in [0.1, 0.15) is 18.8 Å². The summed E-state index contributed by atoms with van der Waals surface area (Å²) in [4.78, 5) is 11.0. The average molecular weight is 260 g/mol. The molecule has 0 bridgehead atoms. The number of hydrogen-bond acceptors (Lipinski definition) is 6. The van der Waals surface area contributed by atoms with Crippen molar-refractivity contribution >= 4 is 5.97 Å². The lowest BCUT2D eigenvalue weighted by Gasteiger charge is -2.11. The monoisotopic (exact) mass is 260 g/mol. The van der Waals surface area contributed by atoms with Gasteiger partial charge in [0.25, 0.3) is 0 Å². The van der Waals surface area contributed by atoms with Crippen LogP contribution in [0.15, 0.2) is 12.2 Å². The van der Waals surface area contributed by atoms with Gasteiger partial charge in [0.15, 0.2) is 0 Å². The molecule has 0 saturated carbocycles. The Hall–Kier alpha value is -0.950. The molecule has 1 fully saturated rings. The van der Waals surface area contributed by atoms with Crippen molar-refractivity contribution in [2.45, 2.75) is 19.1 Å². The third kappa shape index (κ3) is 7.39. The zero-order valence-electron chi connectivity index (χ0n) is 10.6. The van der Waals surface area contributed by atoms with E-state index in [0.717, 1.165) is 6.61 Å². The lowest BCUT2D eigenvalue weighted by Crippen LogP contribution is -2.24. The fraction of sp³-hybridized carbons (Fsp3) is 0.750. The van der Waals surface area contributed by atoms with E-state index in [0.29, 0.717) is 25.4 Å². The van der Waals surface area contributed by atoms with Crippen LogP contribution in [0, 0.1) is 0 Å². The summed E-state index contributed by atoms with van der Waals surface area (Å²) in [5.41, 5.74) is 0.304. The van der Waals surface area contributed by atoms with Crippen LogP contribution in [0.4, 0.5) is 0 Å². The number of aliphatic hydroxyl groups excluding tert-OH is 1. The maximum atomic E-state index is 11.0. The minimum atomic E-state index is -0.833. The van der Waals surface area contributed by atoms with E-state index >= 15 is 0 Å². The molecule has 1 aliphatic heterocycles. The summed E-state index contributed by atoms with van der Waals surface area (Å²) in [5.74, 6) is -0.512. The van der Waals surface area contributed by atoms with Gasteiger partial charge in [-0.1, -0.05) is 6.58 Å². The van der Waals surface area contributed by atoms with E-state index in [9.17, 15) is 9.90 Å². The minimum Gasteiger partial charge on any atom is -0.460 e. The Morgan fingerprint density at radius 1 is 1.44 bits per heavy atom. The summed E-state index contributed by atoms with van der Waals surface area (Å²) < 4.78 is 20.1. The predicted octanol–water partition coefficient (Wildman–Crippen LogP) is -0.101. The van der Waals surface area contributed by atoms with Crippen molar-refractivity contribution in [3.05, 3.63) is 12.2 Å². The van der Waals surface area contributed by atoms with Crippen molar-refractivity contribution in [1.29, 1.82) is 0 Å². The lowest BCUT2D eigenvalue weighted by molar-refractivity contribution is -0.143. The van der Waals surface area contributed by atoms with Crippen LogP contribution < -0.4 is 0 Å². The van der Waals surface area contributed by atoms with Gasteiger partial charge in [0, 0.05) is 5.57 Å². The van der Waals surface area contributed by atoms with Gasteiger partial charge >= 0.3 is 5.97 Å². The van der Waals surface area contributed by atoms with E-state index in [1.165, 1.54) is 0 Å². The van der Waals surface area contributed by atoms with Crippen LogP contribution in [0.1, 0.15) is 6.92 Å². The van der Waals surface area contributed by atoms with Crippen molar-refractivity contribution in [2.75, 3.05) is 39.6 Å². The molecule has 6 heteroatoms. The molecule has 0 aromatic carbocycles. The van der Waals surface area contributed by atoms with Crippen molar-refractivity contribution in [3.63, 3.8) is 0 Å². The first-order chi connectivity index (χ1) is 8.59. The highest BCUT2D eigenvalue weighted by atomic mass is 16.6. The smallest absolute Gasteiger partial charge is 0.333 e. The van der Waals surface area contributed by atoms with E-state index in [1.807, 2.05) is 0 Å². The van der Waals surface area contributed by atoms with Gasteiger partial charge in [-0.2, -0.15) is 0 Å². The third-order valence-corrected chi connectivity index (χ3v) is 2.14. The summed E-state index contributed by atoms with van der Waals surface area (Å²) in [7, 11) is 0. The minimum absolute atomic E-state index is 0.0948. The summed E-state index contributed by atoms with van der Waals surface area (Å²) in [6, 6.07) is 0. The number of epoxide rings is 1. The number of carbonyl (C=O) groups excluding carboxylic acids is 1. The van der Waals surface area contributed by atoms with E-state index in [2.05, 4.69) is 6.58 Å². The maximum Gasteiger partial charge on any atom is 0.333 e. The topological polar surface area (TPSA) is 77.5 Å². The second-order valence-corrected chi connectivity index (χ2v) is 4.14. The highest BCUT2D eigenvalue weighted by molar-refractivity contribution is 5.86. The Morgan fingerprint density at radius 3 is 2.72 bits per heavy atom. The molecular weight excluding hydrogens is 240 g/mol. The van der Waals surface area contributed by atoms with Gasteiger partial charge < -0.3 is 24.1 Å². The molecule has 6 nitrogen and oxygen atoms in total. The Labute approximate surface area is 106 Å². The number of esters is 1. The molecule has 0 amide bonds. The first-order valence-corrected chi connectivity index (χ1v) is 5.87. The quantitative estimate of drug-likeness (QED) is 0.256. The molecule has 1 rings (SSSR count). The molecule has 0 spiro atoms. The normalized spacial score (nSPS) is 19.3. The molecular formula is C12H20O6. The largest absolute Gasteiger partial charge is 0.460 e. The zero-order valence-corrected chi connectivity index (χ0v) is 10.6. The van der Waals surface area contributed by atoms with Crippen molar-refractivity contribution < 1.29 is 28.8 Å². The second kappa shape index (κ2) is 8.20. The van der Waals surface area contributed by atoms with E-state index in [4.69, 9.17) is 18.9 Å². The third-order valence-electron chi connectivity index (χ3n) is 2.14. The summed E-state index contributed by atoms with van der Waals surface area (Å²) >= 11 is 0. The summed E-state index contributed by atoms with van der Waals surface area (Å²) in [6.45, 7) is 7.19. The zero-order chi connectivity index (χ0) is 13.4. The van der Waals surface area contributed by atoms with Crippen LogP contribution in [0.25, 0.3) is 0 Å². The second-order valence-electron chi connectivity index (χ2n) is 4.14. The Bertz CT molecular complexity index is 274. The van der Waals surface area contributed by atoms with Gasteiger partial charge in [-0.25, -0.2) is 4.79 Å².